The zero-order valence-electron chi connectivity index (χ0n) is 12.7. The fourth-order valence-electron chi connectivity index (χ4n) is 2.46. The van der Waals surface area contributed by atoms with Gasteiger partial charge in [0, 0.05) is 27.9 Å². The van der Waals surface area contributed by atoms with E-state index < -0.39 is 15.9 Å². The zero-order valence-corrected chi connectivity index (χ0v) is 16.6. The number of hydrogen-bond acceptors (Lipinski definition) is 4. The highest BCUT2D eigenvalue weighted by Gasteiger charge is 2.30. The summed E-state index contributed by atoms with van der Waals surface area (Å²) in [6, 6.07) is 6.34. The highest BCUT2D eigenvalue weighted by molar-refractivity contribution is 9.10. The van der Waals surface area contributed by atoms with Gasteiger partial charge in [-0.2, -0.15) is 0 Å². The first-order chi connectivity index (χ1) is 11.8. The predicted octanol–water partition coefficient (Wildman–Crippen LogP) is 3.94. The second-order valence-electron chi connectivity index (χ2n) is 5.38. The maximum atomic E-state index is 12.5. The highest BCUT2D eigenvalue weighted by Crippen LogP contribution is 2.27. The Morgan fingerprint density at radius 1 is 1.24 bits per heavy atom. The minimum Gasteiger partial charge on any atom is -0.322 e. The standard InChI is InChI=1S/C15H12BrCl2N3O3S/c16-9-4-10(17)6-11(5-9)20-15(22)12-7-14(19-8-13(12)18)21-2-1-3-25(21,23)24/h4-8H,1-3H2,(H,20,22). The first-order valence-electron chi connectivity index (χ1n) is 7.20. The lowest BCUT2D eigenvalue weighted by Gasteiger charge is -2.17. The summed E-state index contributed by atoms with van der Waals surface area (Å²) in [4.78, 5) is 16.6. The van der Waals surface area contributed by atoms with Crippen LogP contribution in [0.15, 0.2) is 34.9 Å². The Balaban J connectivity index is 1.91. The van der Waals surface area contributed by atoms with E-state index in [1.165, 1.54) is 16.6 Å². The van der Waals surface area contributed by atoms with Gasteiger partial charge in [-0.1, -0.05) is 39.1 Å². The molecular formula is C15H12BrCl2N3O3S. The number of benzene rings is 1. The Morgan fingerprint density at radius 3 is 2.64 bits per heavy atom. The van der Waals surface area contributed by atoms with E-state index in [2.05, 4.69) is 26.2 Å². The molecule has 2 aromatic rings. The molecule has 0 radical (unpaired) electrons. The van der Waals surface area contributed by atoms with E-state index in [-0.39, 0.29) is 22.2 Å². The summed E-state index contributed by atoms with van der Waals surface area (Å²) in [5, 5.41) is 3.26. The fraction of sp³-hybridized carbons (Fsp3) is 0.200. The second kappa shape index (κ2) is 7.11. The largest absolute Gasteiger partial charge is 0.322 e. The minimum atomic E-state index is -3.39. The summed E-state index contributed by atoms with van der Waals surface area (Å²) in [6.07, 6.45) is 1.79. The lowest BCUT2D eigenvalue weighted by molar-refractivity contribution is 0.102. The van der Waals surface area contributed by atoms with Crippen molar-refractivity contribution in [2.24, 2.45) is 0 Å². The Labute approximate surface area is 163 Å². The summed E-state index contributed by atoms with van der Waals surface area (Å²) in [5.74, 6) is -0.242. The van der Waals surface area contributed by atoms with Crippen molar-refractivity contribution in [3.05, 3.63) is 50.5 Å². The average Bonchev–Trinajstić information content (AvgIpc) is 2.86. The summed E-state index contributed by atoms with van der Waals surface area (Å²) in [6.45, 7) is 0.333. The molecule has 0 bridgehead atoms. The van der Waals surface area contributed by atoms with Crippen molar-refractivity contribution in [2.75, 3.05) is 21.9 Å². The third-order valence-corrected chi connectivity index (χ3v) is 6.38. The van der Waals surface area contributed by atoms with Crippen LogP contribution in [0.2, 0.25) is 10.0 Å². The molecule has 25 heavy (non-hydrogen) atoms. The van der Waals surface area contributed by atoms with Crippen LogP contribution >= 0.6 is 39.1 Å². The van der Waals surface area contributed by atoms with Crippen molar-refractivity contribution in [2.45, 2.75) is 6.42 Å². The lowest BCUT2D eigenvalue weighted by atomic mass is 10.2. The molecule has 0 unspecified atom stereocenters. The van der Waals surface area contributed by atoms with Crippen molar-refractivity contribution in [3.63, 3.8) is 0 Å². The third-order valence-electron chi connectivity index (χ3n) is 3.56. The number of pyridine rings is 1. The average molecular weight is 465 g/mol. The van der Waals surface area contributed by atoms with Gasteiger partial charge in [0.2, 0.25) is 10.0 Å². The van der Waals surface area contributed by atoms with E-state index >= 15 is 0 Å². The molecule has 0 atom stereocenters. The molecule has 6 nitrogen and oxygen atoms in total. The van der Waals surface area contributed by atoms with Gasteiger partial charge in [0.1, 0.15) is 5.82 Å². The van der Waals surface area contributed by atoms with E-state index in [4.69, 9.17) is 23.2 Å². The van der Waals surface area contributed by atoms with Gasteiger partial charge < -0.3 is 5.32 Å². The van der Waals surface area contributed by atoms with Crippen LogP contribution in [-0.4, -0.2) is 31.6 Å². The van der Waals surface area contributed by atoms with Crippen LogP contribution in [0, 0.1) is 0 Å². The number of nitrogens with one attached hydrogen (secondary N) is 1. The maximum absolute atomic E-state index is 12.5. The number of halogens is 3. The highest BCUT2D eigenvalue weighted by atomic mass is 79.9. The number of amides is 1. The Kier molecular flexibility index (Phi) is 5.24. The number of aromatic nitrogens is 1. The summed E-state index contributed by atoms with van der Waals surface area (Å²) < 4.78 is 26.0. The lowest BCUT2D eigenvalue weighted by Crippen LogP contribution is -2.26. The molecule has 1 fully saturated rings. The molecule has 1 amide bonds. The second-order valence-corrected chi connectivity index (χ2v) is 9.15. The monoisotopic (exact) mass is 463 g/mol. The number of nitrogens with zero attached hydrogens (tertiary/aromatic N) is 2. The molecular weight excluding hydrogens is 453 g/mol. The van der Waals surface area contributed by atoms with E-state index in [1.54, 1.807) is 18.2 Å². The van der Waals surface area contributed by atoms with Crippen LogP contribution in [0.3, 0.4) is 0 Å². The van der Waals surface area contributed by atoms with Crippen molar-refractivity contribution in [1.29, 1.82) is 0 Å². The number of sulfonamides is 1. The quantitative estimate of drug-likeness (QED) is 0.745. The van der Waals surface area contributed by atoms with Crippen molar-refractivity contribution in [1.82, 2.24) is 4.98 Å². The molecule has 1 N–H and O–H groups in total. The SMILES string of the molecule is O=C(Nc1cc(Cl)cc(Br)c1)c1cc(N2CCCS2(=O)=O)ncc1Cl. The van der Waals surface area contributed by atoms with E-state index in [0.29, 0.717) is 28.1 Å². The van der Waals surface area contributed by atoms with Crippen molar-refractivity contribution in [3.8, 4) is 0 Å². The minimum absolute atomic E-state index is 0.0649. The molecule has 1 saturated heterocycles. The first-order valence-corrected chi connectivity index (χ1v) is 10.4. The molecule has 1 aromatic heterocycles. The molecule has 1 aliphatic heterocycles. The van der Waals surface area contributed by atoms with Gasteiger partial charge in [0.05, 0.1) is 16.3 Å². The molecule has 3 rings (SSSR count). The fourth-order valence-corrected chi connectivity index (χ4v) is 5.02. The van der Waals surface area contributed by atoms with Gasteiger partial charge in [0.15, 0.2) is 0 Å². The number of carbonyl (C=O) groups is 1. The number of anilines is 2. The van der Waals surface area contributed by atoms with Crippen LogP contribution in [0.1, 0.15) is 16.8 Å². The molecule has 132 valence electrons. The number of hydrogen-bond donors (Lipinski definition) is 1. The normalized spacial score (nSPS) is 16.0. The Hall–Kier alpha value is -1.35. The molecule has 0 spiro atoms. The van der Waals surface area contributed by atoms with Gasteiger partial charge in [-0.3, -0.25) is 9.10 Å². The molecule has 10 heteroatoms. The van der Waals surface area contributed by atoms with Crippen molar-refractivity contribution < 1.29 is 13.2 Å². The Bertz CT molecular complexity index is 933. The van der Waals surface area contributed by atoms with Gasteiger partial charge >= 0.3 is 0 Å². The Morgan fingerprint density at radius 2 is 2.00 bits per heavy atom. The molecule has 0 saturated carbocycles. The van der Waals surface area contributed by atoms with Crippen LogP contribution in [-0.2, 0) is 10.0 Å². The van der Waals surface area contributed by atoms with Gasteiger partial charge in [-0.15, -0.1) is 0 Å². The number of rotatable bonds is 3. The van der Waals surface area contributed by atoms with E-state index in [9.17, 15) is 13.2 Å². The number of carbonyl (C=O) groups excluding carboxylic acids is 1. The van der Waals surface area contributed by atoms with Gasteiger partial charge in [-0.05, 0) is 30.7 Å². The molecule has 1 aromatic carbocycles. The molecule has 2 heterocycles. The summed E-state index contributed by atoms with van der Waals surface area (Å²) >= 11 is 15.3. The van der Waals surface area contributed by atoms with Crippen LogP contribution in [0.25, 0.3) is 0 Å². The maximum Gasteiger partial charge on any atom is 0.257 e. The summed E-state index contributed by atoms with van der Waals surface area (Å²) in [5.41, 5.74) is 0.609. The van der Waals surface area contributed by atoms with Crippen LogP contribution < -0.4 is 9.62 Å². The summed E-state index contributed by atoms with van der Waals surface area (Å²) in [7, 11) is -3.39. The van der Waals surface area contributed by atoms with Crippen LogP contribution in [0.5, 0.6) is 0 Å². The van der Waals surface area contributed by atoms with Gasteiger partial charge in [-0.25, -0.2) is 13.4 Å². The first kappa shape index (κ1) is 18.4. The molecule has 1 aliphatic rings. The van der Waals surface area contributed by atoms with E-state index in [1.807, 2.05) is 0 Å². The smallest absolute Gasteiger partial charge is 0.257 e. The third kappa shape index (κ3) is 4.08. The topological polar surface area (TPSA) is 79.4 Å². The van der Waals surface area contributed by atoms with Crippen LogP contribution in [0.4, 0.5) is 11.5 Å². The van der Waals surface area contributed by atoms with Gasteiger partial charge in [0.25, 0.3) is 5.91 Å². The van der Waals surface area contributed by atoms with Crippen molar-refractivity contribution >= 4 is 66.6 Å². The predicted molar refractivity (Wildman–Crippen MR) is 102 cm³/mol. The molecule has 0 aliphatic carbocycles. The zero-order chi connectivity index (χ0) is 18.2. The van der Waals surface area contributed by atoms with E-state index in [0.717, 1.165) is 0 Å².